The van der Waals surface area contributed by atoms with Crippen molar-refractivity contribution < 1.29 is 9.53 Å². The van der Waals surface area contributed by atoms with Crippen LogP contribution < -0.4 is 0 Å². The fourth-order valence-corrected chi connectivity index (χ4v) is 1.85. The number of hydrogen-bond acceptors (Lipinski definition) is 3. The van der Waals surface area contributed by atoms with E-state index in [2.05, 4.69) is 4.90 Å². The molecule has 2 aliphatic rings. The molecule has 0 aromatic carbocycles. The Hall–Kier alpha value is -0.410. The van der Waals surface area contributed by atoms with E-state index in [0.717, 1.165) is 51.5 Å². The van der Waals surface area contributed by atoms with Gasteiger partial charge in [-0.05, 0) is 31.6 Å². The molecule has 80 valence electrons. The lowest BCUT2D eigenvalue weighted by atomic mass is 9.99. The minimum Gasteiger partial charge on any atom is -0.366 e. The molecule has 0 aromatic heterocycles. The van der Waals surface area contributed by atoms with E-state index in [4.69, 9.17) is 4.74 Å². The molecule has 1 aliphatic carbocycles. The lowest BCUT2D eigenvalue weighted by Crippen LogP contribution is -2.35. The molecule has 0 aromatic rings. The zero-order chi connectivity index (χ0) is 9.80. The van der Waals surface area contributed by atoms with E-state index >= 15 is 0 Å². The van der Waals surface area contributed by atoms with Gasteiger partial charge in [0, 0.05) is 19.0 Å². The van der Waals surface area contributed by atoms with Crippen LogP contribution >= 0.6 is 0 Å². The number of piperidine rings is 1. The van der Waals surface area contributed by atoms with Gasteiger partial charge in [-0.25, -0.2) is 0 Å². The zero-order valence-corrected chi connectivity index (χ0v) is 8.65. The van der Waals surface area contributed by atoms with Crippen LogP contribution in [-0.2, 0) is 9.53 Å². The summed E-state index contributed by atoms with van der Waals surface area (Å²) >= 11 is 0. The Balaban J connectivity index is 1.55. The van der Waals surface area contributed by atoms with Crippen molar-refractivity contribution in [2.45, 2.75) is 25.7 Å². The minimum absolute atomic E-state index is 0.301. The first-order valence-electron chi connectivity index (χ1n) is 5.64. The molecule has 1 saturated heterocycles. The fraction of sp³-hybridized carbons (Fsp3) is 0.909. The molecule has 1 saturated carbocycles. The average Bonchev–Trinajstić information content (AvgIpc) is 3.03. The number of hydrogen-bond donors (Lipinski definition) is 0. The molecule has 0 unspecified atom stereocenters. The molecule has 0 amide bonds. The summed E-state index contributed by atoms with van der Waals surface area (Å²) in [6.07, 6.45) is 5.83. The van der Waals surface area contributed by atoms with Crippen LogP contribution in [0.25, 0.3) is 0 Å². The second-order valence-electron chi connectivity index (χ2n) is 4.53. The van der Waals surface area contributed by atoms with Crippen LogP contribution in [0.3, 0.4) is 0 Å². The number of carbonyl (C=O) groups excluding carboxylic acids is 1. The topological polar surface area (TPSA) is 29.5 Å². The van der Waals surface area contributed by atoms with Crippen LogP contribution in [0.4, 0.5) is 0 Å². The van der Waals surface area contributed by atoms with Gasteiger partial charge in [-0.1, -0.05) is 0 Å². The lowest BCUT2D eigenvalue weighted by molar-refractivity contribution is -0.112. The third-order valence-electron chi connectivity index (χ3n) is 3.15. The first-order chi connectivity index (χ1) is 6.88. The summed E-state index contributed by atoms with van der Waals surface area (Å²) in [6, 6.07) is 0. The standard InChI is InChI=1S/C11H19NO2/c13-7-10-3-5-12(6-4-10)9-14-8-11-1-2-11/h7,10-11H,1-6,8-9H2. The van der Waals surface area contributed by atoms with E-state index in [1.165, 1.54) is 12.8 Å². The van der Waals surface area contributed by atoms with Crippen LogP contribution in [-0.4, -0.2) is 37.6 Å². The summed E-state index contributed by atoms with van der Waals surface area (Å²) in [4.78, 5) is 12.8. The highest BCUT2D eigenvalue weighted by Gasteiger charge is 2.22. The fourth-order valence-electron chi connectivity index (χ4n) is 1.85. The Kier molecular flexibility index (Phi) is 3.54. The van der Waals surface area contributed by atoms with Crippen molar-refractivity contribution in [1.29, 1.82) is 0 Å². The van der Waals surface area contributed by atoms with Gasteiger partial charge in [0.25, 0.3) is 0 Å². The largest absolute Gasteiger partial charge is 0.366 e. The summed E-state index contributed by atoms with van der Waals surface area (Å²) in [5.41, 5.74) is 0. The van der Waals surface area contributed by atoms with Crippen molar-refractivity contribution in [3.8, 4) is 0 Å². The normalized spacial score (nSPS) is 25.1. The molecule has 0 atom stereocenters. The summed E-state index contributed by atoms with van der Waals surface area (Å²) in [5.74, 6) is 1.15. The van der Waals surface area contributed by atoms with Crippen LogP contribution in [0.5, 0.6) is 0 Å². The van der Waals surface area contributed by atoms with Crippen molar-refractivity contribution in [2.24, 2.45) is 11.8 Å². The van der Waals surface area contributed by atoms with E-state index in [1.807, 2.05) is 0 Å². The van der Waals surface area contributed by atoms with E-state index < -0.39 is 0 Å². The molecular formula is C11H19NO2. The second kappa shape index (κ2) is 4.89. The Bertz CT molecular complexity index is 184. The smallest absolute Gasteiger partial charge is 0.123 e. The van der Waals surface area contributed by atoms with E-state index in [0.29, 0.717) is 5.92 Å². The molecule has 2 fully saturated rings. The quantitative estimate of drug-likeness (QED) is 0.622. The highest BCUT2D eigenvalue weighted by atomic mass is 16.5. The number of aldehydes is 1. The third-order valence-corrected chi connectivity index (χ3v) is 3.15. The number of rotatable bonds is 5. The molecular weight excluding hydrogens is 178 g/mol. The Morgan fingerprint density at radius 3 is 2.50 bits per heavy atom. The van der Waals surface area contributed by atoms with Gasteiger partial charge in [-0.3, -0.25) is 4.90 Å². The molecule has 1 heterocycles. The van der Waals surface area contributed by atoms with Crippen molar-refractivity contribution in [3.05, 3.63) is 0 Å². The van der Waals surface area contributed by atoms with Gasteiger partial charge in [-0.2, -0.15) is 0 Å². The van der Waals surface area contributed by atoms with E-state index in [-0.39, 0.29) is 0 Å². The lowest BCUT2D eigenvalue weighted by Gasteiger charge is -2.29. The van der Waals surface area contributed by atoms with Crippen molar-refractivity contribution in [3.63, 3.8) is 0 Å². The maximum Gasteiger partial charge on any atom is 0.123 e. The molecule has 3 nitrogen and oxygen atoms in total. The predicted octanol–water partition coefficient (Wildman–Crippen LogP) is 1.28. The van der Waals surface area contributed by atoms with Crippen LogP contribution in [0.2, 0.25) is 0 Å². The molecule has 0 spiro atoms. The first kappa shape index (κ1) is 10.1. The first-order valence-corrected chi connectivity index (χ1v) is 5.64. The van der Waals surface area contributed by atoms with E-state index in [9.17, 15) is 4.79 Å². The Labute approximate surface area is 85.4 Å². The van der Waals surface area contributed by atoms with Gasteiger partial charge in [0.2, 0.25) is 0 Å². The molecule has 0 bridgehead atoms. The highest BCUT2D eigenvalue weighted by Crippen LogP contribution is 2.28. The highest BCUT2D eigenvalue weighted by molar-refractivity contribution is 5.53. The molecule has 1 aliphatic heterocycles. The van der Waals surface area contributed by atoms with E-state index in [1.54, 1.807) is 0 Å². The van der Waals surface area contributed by atoms with Crippen LogP contribution in [0, 0.1) is 11.8 Å². The molecule has 2 rings (SSSR count). The van der Waals surface area contributed by atoms with Gasteiger partial charge >= 0.3 is 0 Å². The second-order valence-corrected chi connectivity index (χ2v) is 4.53. The van der Waals surface area contributed by atoms with Crippen molar-refractivity contribution in [2.75, 3.05) is 26.4 Å². The Morgan fingerprint density at radius 1 is 1.21 bits per heavy atom. The van der Waals surface area contributed by atoms with Gasteiger partial charge in [0.15, 0.2) is 0 Å². The predicted molar refractivity (Wildman–Crippen MR) is 53.9 cm³/mol. The summed E-state index contributed by atoms with van der Waals surface area (Å²) in [6.45, 7) is 3.75. The Morgan fingerprint density at radius 2 is 1.93 bits per heavy atom. The molecule has 0 radical (unpaired) electrons. The average molecular weight is 197 g/mol. The van der Waals surface area contributed by atoms with Gasteiger partial charge in [0.05, 0.1) is 13.3 Å². The monoisotopic (exact) mass is 197 g/mol. The third kappa shape index (κ3) is 3.07. The molecule has 0 N–H and O–H groups in total. The number of carbonyl (C=O) groups is 1. The summed E-state index contributed by atoms with van der Waals surface area (Å²) in [5, 5.41) is 0. The summed E-state index contributed by atoms with van der Waals surface area (Å²) in [7, 11) is 0. The van der Waals surface area contributed by atoms with Crippen LogP contribution in [0.1, 0.15) is 25.7 Å². The van der Waals surface area contributed by atoms with Gasteiger partial charge < -0.3 is 9.53 Å². The zero-order valence-electron chi connectivity index (χ0n) is 8.65. The molecule has 14 heavy (non-hydrogen) atoms. The van der Waals surface area contributed by atoms with Crippen molar-refractivity contribution >= 4 is 6.29 Å². The maximum atomic E-state index is 10.5. The SMILES string of the molecule is O=CC1CCN(COCC2CC2)CC1. The van der Waals surface area contributed by atoms with Gasteiger partial charge in [-0.15, -0.1) is 0 Å². The number of likely N-dealkylation sites (tertiary alicyclic amines) is 1. The van der Waals surface area contributed by atoms with Crippen molar-refractivity contribution in [1.82, 2.24) is 4.90 Å². The number of ether oxygens (including phenoxy) is 1. The van der Waals surface area contributed by atoms with Gasteiger partial charge in [0.1, 0.15) is 6.29 Å². The van der Waals surface area contributed by atoms with Crippen LogP contribution in [0.15, 0.2) is 0 Å². The maximum absolute atomic E-state index is 10.5. The number of nitrogens with zero attached hydrogens (tertiary/aromatic N) is 1. The molecule has 3 heteroatoms. The summed E-state index contributed by atoms with van der Waals surface area (Å²) < 4.78 is 5.60. The minimum atomic E-state index is 0.301.